The van der Waals surface area contributed by atoms with Gasteiger partial charge in [0.15, 0.2) is 0 Å². The van der Waals surface area contributed by atoms with Gasteiger partial charge in [0.2, 0.25) is 0 Å². The Bertz CT molecular complexity index is 383. The van der Waals surface area contributed by atoms with E-state index in [1.807, 2.05) is 6.07 Å². The van der Waals surface area contributed by atoms with E-state index in [2.05, 4.69) is 46.4 Å². The molecule has 2 atom stereocenters. The molecule has 0 radical (unpaired) electrons. The first-order valence-corrected chi connectivity index (χ1v) is 8.19. The largest absolute Gasteiger partial charge is 0.372 e. The highest BCUT2D eigenvalue weighted by Gasteiger charge is 2.25. The Hall–Kier alpha value is -0.380. The van der Waals surface area contributed by atoms with Gasteiger partial charge in [-0.1, -0.05) is 53.9 Å². The Morgan fingerprint density at radius 3 is 2.84 bits per heavy atom. The molecular weight excluding hydrogens is 302 g/mol. The molecule has 1 aromatic rings. The van der Waals surface area contributed by atoms with Crippen molar-refractivity contribution < 1.29 is 4.74 Å². The monoisotopic (exact) mass is 325 g/mol. The SMILES string of the molecule is CCCNC1CCCCC1OCc1ccccc1Br. The highest BCUT2D eigenvalue weighted by molar-refractivity contribution is 9.10. The van der Waals surface area contributed by atoms with Crippen molar-refractivity contribution in [3.05, 3.63) is 34.3 Å². The molecule has 1 aliphatic rings. The van der Waals surface area contributed by atoms with Gasteiger partial charge in [-0.05, 0) is 37.4 Å². The normalized spacial score (nSPS) is 23.5. The molecule has 1 saturated carbocycles. The molecular formula is C16H24BrNO. The van der Waals surface area contributed by atoms with Gasteiger partial charge in [-0.2, -0.15) is 0 Å². The van der Waals surface area contributed by atoms with E-state index in [4.69, 9.17) is 4.74 Å². The minimum atomic E-state index is 0.368. The van der Waals surface area contributed by atoms with Crippen LogP contribution in [0.2, 0.25) is 0 Å². The van der Waals surface area contributed by atoms with Crippen LogP contribution in [0.15, 0.2) is 28.7 Å². The molecule has 0 spiro atoms. The lowest BCUT2D eigenvalue weighted by Gasteiger charge is -2.32. The van der Waals surface area contributed by atoms with E-state index in [9.17, 15) is 0 Å². The van der Waals surface area contributed by atoms with Crippen molar-refractivity contribution in [3.63, 3.8) is 0 Å². The number of hydrogen-bond acceptors (Lipinski definition) is 2. The highest BCUT2D eigenvalue weighted by Crippen LogP contribution is 2.24. The Labute approximate surface area is 125 Å². The molecule has 19 heavy (non-hydrogen) atoms. The van der Waals surface area contributed by atoms with Gasteiger partial charge in [0.05, 0.1) is 12.7 Å². The minimum Gasteiger partial charge on any atom is -0.372 e. The molecule has 0 saturated heterocycles. The van der Waals surface area contributed by atoms with Crippen LogP contribution in [0.4, 0.5) is 0 Å². The molecule has 2 rings (SSSR count). The number of rotatable bonds is 6. The third-order valence-electron chi connectivity index (χ3n) is 3.77. The fourth-order valence-corrected chi connectivity index (χ4v) is 3.07. The second-order valence-corrected chi connectivity index (χ2v) is 6.14. The van der Waals surface area contributed by atoms with Crippen molar-refractivity contribution in [1.29, 1.82) is 0 Å². The molecule has 0 heterocycles. The Morgan fingerprint density at radius 2 is 2.05 bits per heavy atom. The average Bonchev–Trinajstić information content (AvgIpc) is 2.45. The number of nitrogens with one attached hydrogen (secondary N) is 1. The number of ether oxygens (including phenoxy) is 1. The van der Waals surface area contributed by atoms with Crippen LogP contribution in [-0.4, -0.2) is 18.7 Å². The first-order chi connectivity index (χ1) is 9.31. The van der Waals surface area contributed by atoms with E-state index in [1.54, 1.807) is 0 Å². The molecule has 0 aromatic heterocycles. The lowest BCUT2D eigenvalue weighted by Crippen LogP contribution is -2.43. The summed E-state index contributed by atoms with van der Waals surface area (Å²) >= 11 is 3.58. The van der Waals surface area contributed by atoms with Crippen LogP contribution in [0.3, 0.4) is 0 Å². The van der Waals surface area contributed by atoms with Crippen LogP contribution in [0, 0.1) is 0 Å². The summed E-state index contributed by atoms with van der Waals surface area (Å²) in [4.78, 5) is 0. The van der Waals surface area contributed by atoms with Crippen molar-refractivity contribution in [2.24, 2.45) is 0 Å². The van der Waals surface area contributed by atoms with Crippen LogP contribution in [0.1, 0.15) is 44.6 Å². The standard InChI is InChI=1S/C16H24BrNO/c1-2-11-18-15-9-5-6-10-16(15)19-12-13-7-3-4-8-14(13)17/h3-4,7-8,15-16,18H,2,5-6,9-12H2,1H3. The summed E-state index contributed by atoms with van der Waals surface area (Å²) in [7, 11) is 0. The fraction of sp³-hybridized carbons (Fsp3) is 0.625. The van der Waals surface area contributed by atoms with Gasteiger partial charge >= 0.3 is 0 Å². The fourth-order valence-electron chi connectivity index (χ4n) is 2.67. The zero-order valence-electron chi connectivity index (χ0n) is 11.7. The van der Waals surface area contributed by atoms with Crippen molar-refractivity contribution in [2.75, 3.05) is 6.54 Å². The third-order valence-corrected chi connectivity index (χ3v) is 4.54. The molecule has 1 fully saturated rings. The van der Waals surface area contributed by atoms with Crippen LogP contribution < -0.4 is 5.32 Å². The van der Waals surface area contributed by atoms with E-state index in [-0.39, 0.29) is 0 Å². The molecule has 1 N–H and O–H groups in total. The topological polar surface area (TPSA) is 21.3 Å². The quantitative estimate of drug-likeness (QED) is 0.843. The van der Waals surface area contributed by atoms with E-state index >= 15 is 0 Å². The van der Waals surface area contributed by atoms with Crippen molar-refractivity contribution in [2.45, 2.75) is 57.8 Å². The van der Waals surface area contributed by atoms with Crippen molar-refractivity contribution in [1.82, 2.24) is 5.32 Å². The summed E-state index contributed by atoms with van der Waals surface area (Å²) in [5.41, 5.74) is 1.24. The predicted molar refractivity (Wildman–Crippen MR) is 83.3 cm³/mol. The molecule has 1 aromatic carbocycles. The van der Waals surface area contributed by atoms with Crippen LogP contribution in [-0.2, 0) is 11.3 Å². The molecule has 0 bridgehead atoms. The molecule has 2 unspecified atom stereocenters. The number of benzene rings is 1. The average molecular weight is 326 g/mol. The molecule has 0 aliphatic heterocycles. The zero-order valence-corrected chi connectivity index (χ0v) is 13.3. The van der Waals surface area contributed by atoms with Gasteiger partial charge in [0.1, 0.15) is 0 Å². The van der Waals surface area contributed by atoms with Gasteiger partial charge in [-0.15, -0.1) is 0 Å². The Kier molecular flexibility index (Phi) is 6.35. The second-order valence-electron chi connectivity index (χ2n) is 5.29. The maximum absolute atomic E-state index is 6.17. The first-order valence-electron chi connectivity index (χ1n) is 7.39. The van der Waals surface area contributed by atoms with E-state index in [1.165, 1.54) is 37.7 Å². The highest BCUT2D eigenvalue weighted by atomic mass is 79.9. The summed E-state index contributed by atoms with van der Waals surface area (Å²) in [6.45, 7) is 4.02. The Balaban J connectivity index is 1.87. The van der Waals surface area contributed by atoms with Gasteiger partial charge in [-0.25, -0.2) is 0 Å². The van der Waals surface area contributed by atoms with Gasteiger partial charge < -0.3 is 10.1 Å². The third kappa shape index (κ3) is 4.59. The smallest absolute Gasteiger partial charge is 0.0732 e. The van der Waals surface area contributed by atoms with Crippen molar-refractivity contribution in [3.8, 4) is 0 Å². The molecule has 3 heteroatoms. The molecule has 106 valence electrons. The first kappa shape index (κ1) is 15.0. The summed E-state index contributed by atoms with van der Waals surface area (Å²) in [5.74, 6) is 0. The van der Waals surface area contributed by atoms with Crippen LogP contribution in [0.5, 0.6) is 0 Å². The maximum Gasteiger partial charge on any atom is 0.0732 e. The Morgan fingerprint density at radius 1 is 1.26 bits per heavy atom. The number of halogens is 1. The summed E-state index contributed by atoms with van der Waals surface area (Å²) < 4.78 is 7.31. The lowest BCUT2D eigenvalue weighted by molar-refractivity contribution is -0.00560. The maximum atomic E-state index is 6.17. The lowest BCUT2D eigenvalue weighted by atomic mass is 9.92. The van der Waals surface area contributed by atoms with Gasteiger partial charge in [0, 0.05) is 10.5 Å². The molecule has 2 nitrogen and oxygen atoms in total. The summed E-state index contributed by atoms with van der Waals surface area (Å²) in [6, 6.07) is 8.85. The predicted octanol–water partition coefficient (Wildman–Crippen LogP) is 4.28. The van der Waals surface area contributed by atoms with E-state index in [0.29, 0.717) is 18.8 Å². The van der Waals surface area contributed by atoms with E-state index in [0.717, 1.165) is 11.0 Å². The van der Waals surface area contributed by atoms with Gasteiger partial charge in [0.25, 0.3) is 0 Å². The minimum absolute atomic E-state index is 0.368. The molecule has 1 aliphatic carbocycles. The van der Waals surface area contributed by atoms with Crippen molar-refractivity contribution >= 4 is 15.9 Å². The zero-order chi connectivity index (χ0) is 13.5. The molecule has 0 amide bonds. The number of hydrogen-bond donors (Lipinski definition) is 1. The second kappa shape index (κ2) is 8.03. The summed E-state index contributed by atoms with van der Waals surface area (Å²) in [5, 5.41) is 3.64. The van der Waals surface area contributed by atoms with Crippen LogP contribution >= 0.6 is 15.9 Å². The van der Waals surface area contributed by atoms with Gasteiger partial charge in [-0.3, -0.25) is 0 Å². The van der Waals surface area contributed by atoms with Crippen LogP contribution in [0.25, 0.3) is 0 Å². The summed E-state index contributed by atoms with van der Waals surface area (Å²) in [6.07, 6.45) is 6.62. The van der Waals surface area contributed by atoms with E-state index < -0.39 is 0 Å².